The van der Waals surface area contributed by atoms with E-state index in [2.05, 4.69) is 59.9 Å². The first-order chi connectivity index (χ1) is 13.8. The molecule has 1 saturated heterocycles. The summed E-state index contributed by atoms with van der Waals surface area (Å²) in [5.41, 5.74) is 2.54. The molecule has 28 heavy (non-hydrogen) atoms. The maximum absolute atomic E-state index is 12.2. The average molecular weight is 392 g/mol. The molecule has 0 saturated carbocycles. The highest BCUT2D eigenvalue weighted by atomic mass is 32.2. The van der Waals surface area contributed by atoms with Crippen molar-refractivity contribution in [1.82, 2.24) is 5.32 Å². The molecule has 4 rings (SSSR count). The van der Waals surface area contributed by atoms with Crippen LogP contribution in [-0.2, 0) is 17.9 Å². The van der Waals surface area contributed by atoms with Crippen LogP contribution in [0.1, 0.15) is 24.0 Å². The van der Waals surface area contributed by atoms with E-state index in [4.69, 9.17) is 0 Å². The molecule has 0 spiro atoms. The summed E-state index contributed by atoms with van der Waals surface area (Å²) in [4.78, 5) is 15.0. The number of quaternary nitrogens is 1. The molecule has 0 unspecified atom stereocenters. The molecule has 3 nitrogen and oxygen atoms in total. The van der Waals surface area contributed by atoms with Crippen LogP contribution in [0.4, 0.5) is 0 Å². The lowest BCUT2D eigenvalue weighted by atomic mass is 10.1. The van der Waals surface area contributed by atoms with Crippen LogP contribution in [0.5, 0.6) is 0 Å². The highest BCUT2D eigenvalue weighted by Gasteiger charge is 2.15. The largest absolute Gasteiger partial charge is 0.351 e. The van der Waals surface area contributed by atoms with E-state index in [0.717, 1.165) is 17.0 Å². The maximum Gasteiger partial charge on any atom is 0.230 e. The number of hydrogen-bond donors (Lipinski definition) is 2. The number of likely N-dealkylation sites (tertiary alicyclic amines) is 1. The molecule has 3 aromatic rings. The number of thioether (sulfide) groups is 1. The van der Waals surface area contributed by atoms with Crippen molar-refractivity contribution in [1.29, 1.82) is 0 Å². The Morgan fingerprint density at radius 3 is 2.39 bits per heavy atom. The molecule has 1 aliphatic heterocycles. The van der Waals surface area contributed by atoms with Gasteiger partial charge in [0.05, 0.1) is 18.8 Å². The molecule has 3 aromatic carbocycles. The molecule has 1 amide bonds. The van der Waals surface area contributed by atoms with E-state index in [9.17, 15) is 4.79 Å². The standard InChI is InChI=1S/C24H26N2OS/c27-24(18-28-23-12-11-21-5-1-2-6-22(21)15-23)25-16-19-7-9-20(10-8-19)17-26-13-3-4-14-26/h1-2,5-12,15H,3-4,13-14,16-18H2,(H,25,27)/p+1. The summed E-state index contributed by atoms with van der Waals surface area (Å²) in [6.45, 7) is 4.31. The number of amides is 1. The first-order valence-corrected chi connectivity index (χ1v) is 11.0. The fourth-order valence-corrected chi connectivity index (χ4v) is 4.55. The van der Waals surface area contributed by atoms with Gasteiger partial charge in [-0.3, -0.25) is 4.79 Å². The normalized spacial score (nSPS) is 14.4. The summed E-state index contributed by atoms with van der Waals surface area (Å²) >= 11 is 1.58. The zero-order valence-corrected chi connectivity index (χ0v) is 16.9. The van der Waals surface area contributed by atoms with Crippen LogP contribution in [0, 0.1) is 0 Å². The number of benzene rings is 3. The van der Waals surface area contributed by atoms with Crippen LogP contribution < -0.4 is 10.2 Å². The SMILES string of the molecule is O=C(CSc1ccc2ccccc2c1)NCc1ccc(C[NH+]2CCCC2)cc1. The molecule has 1 aliphatic rings. The number of carbonyl (C=O) groups is 1. The number of fused-ring (bicyclic) bond motifs is 1. The van der Waals surface area contributed by atoms with E-state index in [-0.39, 0.29) is 5.91 Å². The fourth-order valence-electron chi connectivity index (χ4n) is 3.77. The van der Waals surface area contributed by atoms with Crippen molar-refractivity contribution in [2.45, 2.75) is 30.8 Å². The highest BCUT2D eigenvalue weighted by Crippen LogP contribution is 2.23. The van der Waals surface area contributed by atoms with Crippen LogP contribution in [0.2, 0.25) is 0 Å². The Morgan fingerprint density at radius 2 is 1.61 bits per heavy atom. The van der Waals surface area contributed by atoms with E-state index in [1.54, 1.807) is 16.7 Å². The molecular formula is C24H27N2OS+. The number of rotatable bonds is 7. The molecular weight excluding hydrogens is 364 g/mol. The van der Waals surface area contributed by atoms with Gasteiger partial charge in [-0.25, -0.2) is 0 Å². The van der Waals surface area contributed by atoms with E-state index >= 15 is 0 Å². The monoisotopic (exact) mass is 391 g/mol. The molecule has 0 radical (unpaired) electrons. The third-order valence-corrected chi connectivity index (χ3v) is 6.36. The number of hydrogen-bond acceptors (Lipinski definition) is 2. The summed E-state index contributed by atoms with van der Waals surface area (Å²) in [5.74, 6) is 0.512. The minimum absolute atomic E-state index is 0.0729. The first-order valence-electron chi connectivity index (χ1n) is 10.1. The maximum atomic E-state index is 12.2. The highest BCUT2D eigenvalue weighted by molar-refractivity contribution is 8.00. The first kappa shape index (κ1) is 19.0. The molecule has 2 N–H and O–H groups in total. The van der Waals surface area contributed by atoms with Gasteiger partial charge >= 0.3 is 0 Å². The van der Waals surface area contributed by atoms with Gasteiger partial charge in [0.2, 0.25) is 5.91 Å². The molecule has 4 heteroatoms. The van der Waals surface area contributed by atoms with Gasteiger partial charge in [-0.2, -0.15) is 0 Å². The van der Waals surface area contributed by atoms with Crippen molar-refractivity contribution in [3.63, 3.8) is 0 Å². The minimum atomic E-state index is 0.0729. The van der Waals surface area contributed by atoms with Gasteiger partial charge in [-0.1, -0.05) is 54.6 Å². The van der Waals surface area contributed by atoms with Gasteiger partial charge in [0.15, 0.2) is 0 Å². The second-order valence-corrected chi connectivity index (χ2v) is 8.57. The lowest BCUT2D eigenvalue weighted by Crippen LogP contribution is -3.08. The quantitative estimate of drug-likeness (QED) is 0.605. The molecule has 0 aliphatic carbocycles. The zero-order valence-electron chi connectivity index (χ0n) is 16.1. The summed E-state index contributed by atoms with van der Waals surface area (Å²) in [5, 5.41) is 5.47. The predicted octanol–water partition coefficient (Wildman–Crippen LogP) is 3.43. The summed E-state index contributed by atoms with van der Waals surface area (Å²) < 4.78 is 0. The van der Waals surface area contributed by atoms with Gasteiger partial charge in [0.1, 0.15) is 6.54 Å². The predicted molar refractivity (Wildman–Crippen MR) is 117 cm³/mol. The zero-order chi connectivity index (χ0) is 19.2. The Hall–Kier alpha value is -2.30. The summed E-state index contributed by atoms with van der Waals surface area (Å²) in [6.07, 6.45) is 2.72. The van der Waals surface area contributed by atoms with Crippen molar-refractivity contribution in [3.8, 4) is 0 Å². The van der Waals surface area contributed by atoms with E-state index in [0.29, 0.717) is 12.3 Å². The van der Waals surface area contributed by atoms with Crippen molar-refractivity contribution >= 4 is 28.4 Å². The lowest BCUT2D eigenvalue weighted by molar-refractivity contribution is -0.901. The number of nitrogens with one attached hydrogen (secondary N) is 2. The van der Waals surface area contributed by atoms with Gasteiger partial charge in [-0.05, 0) is 28.5 Å². The van der Waals surface area contributed by atoms with Gasteiger partial charge in [-0.15, -0.1) is 11.8 Å². The number of carbonyl (C=O) groups excluding carboxylic acids is 1. The van der Waals surface area contributed by atoms with Crippen LogP contribution in [-0.4, -0.2) is 24.7 Å². The van der Waals surface area contributed by atoms with Crippen molar-refractivity contribution in [3.05, 3.63) is 77.9 Å². The smallest absolute Gasteiger partial charge is 0.230 e. The Labute approximate surface area is 171 Å². The molecule has 1 heterocycles. The Bertz CT molecular complexity index is 933. The van der Waals surface area contributed by atoms with Gasteiger partial charge in [0.25, 0.3) is 0 Å². The Balaban J connectivity index is 1.23. The average Bonchev–Trinajstić information content (AvgIpc) is 3.24. The van der Waals surface area contributed by atoms with E-state index < -0.39 is 0 Å². The van der Waals surface area contributed by atoms with Crippen molar-refractivity contribution in [2.75, 3.05) is 18.8 Å². The van der Waals surface area contributed by atoms with Crippen LogP contribution in [0.15, 0.2) is 71.6 Å². The second-order valence-electron chi connectivity index (χ2n) is 7.52. The second kappa shape index (κ2) is 9.26. The van der Waals surface area contributed by atoms with Crippen LogP contribution in [0.25, 0.3) is 10.8 Å². The van der Waals surface area contributed by atoms with E-state index in [1.165, 1.54) is 42.3 Å². The molecule has 0 aromatic heterocycles. The lowest BCUT2D eigenvalue weighted by Gasteiger charge is -2.12. The Kier molecular flexibility index (Phi) is 6.30. The summed E-state index contributed by atoms with van der Waals surface area (Å²) in [7, 11) is 0. The molecule has 1 fully saturated rings. The van der Waals surface area contributed by atoms with Crippen LogP contribution in [0.3, 0.4) is 0 Å². The summed E-state index contributed by atoms with van der Waals surface area (Å²) in [6, 6.07) is 23.3. The van der Waals surface area contributed by atoms with E-state index in [1.807, 2.05) is 12.1 Å². The Morgan fingerprint density at radius 1 is 0.893 bits per heavy atom. The van der Waals surface area contributed by atoms with Crippen molar-refractivity contribution in [2.24, 2.45) is 0 Å². The third kappa shape index (κ3) is 5.15. The van der Waals surface area contributed by atoms with Crippen molar-refractivity contribution < 1.29 is 9.69 Å². The fraction of sp³-hybridized carbons (Fsp3) is 0.292. The van der Waals surface area contributed by atoms with Gasteiger partial charge < -0.3 is 10.2 Å². The third-order valence-electron chi connectivity index (χ3n) is 5.37. The minimum Gasteiger partial charge on any atom is -0.351 e. The topological polar surface area (TPSA) is 33.5 Å². The molecule has 0 bridgehead atoms. The van der Waals surface area contributed by atoms with Crippen LogP contribution >= 0.6 is 11.8 Å². The van der Waals surface area contributed by atoms with Gasteiger partial charge in [0, 0.05) is 29.8 Å². The molecule has 144 valence electrons. The molecule has 0 atom stereocenters.